The van der Waals surface area contributed by atoms with Crippen molar-refractivity contribution in [2.45, 2.75) is 30.3 Å². The highest BCUT2D eigenvalue weighted by Crippen LogP contribution is 2.38. The van der Waals surface area contributed by atoms with Crippen molar-refractivity contribution >= 4 is 26.0 Å². The highest BCUT2D eigenvalue weighted by atomic mass is 79.9. The summed E-state index contributed by atoms with van der Waals surface area (Å²) >= 11 is 3.36. The van der Waals surface area contributed by atoms with Crippen LogP contribution in [-0.2, 0) is 10.0 Å². The summed E-state index contributed by atoms with van der Waals surface area (Å²) in [5.74, 6) is 1.06. The molecule has 2 heterocycles. The van der Waals surface area contributed by atoms with Crippen LogP contribution in [0.25, 0.3) is 0 Å². The number of hydrogen-bond acceptors (Lipinski definition) is 4. The van der Waals surface area contributed by atoms with E-state index in [0.29, 0.717) is 21.0 Å². The molecule has 1 aromatic carbocycles. The van der Waals surface area contributed by atoms with Gasteiger partial charge in [0.1, 0.15) is 5.75 Å². The Balaban J connectivity index is 1.98. The summed E-state index contributed by atoms with van der Waals surface area (Å²) in [7, 11) is -1.92. The quantitative estimate of drug-likeness (QED) is 0.876. The van der Waals surface area contributed by atoms with Crippen molar-refractivity contribution in [3.63, 3.8) is 0 Å². The predicted molar refractivity (Wildman–Crippen MR) is 83.9 cm³/mol. The number of sulfonamides is 1. The summed E-state index contributed by atoms with van der Waals surface area (Å²) in [6.45, 7) is 3.65. The Hall–Kier alpha value is -0.630. The molecule has 0 spiro atoms. The number of hydrogen-bond donors (Lipinski definition) is 1. The topological polar surface area (TPSA) is 58.6 Å². The molecule has 116 valence electrons. The van der Waals surface area contributed by atoms with E-state index in [2.05, 4.69) is 21.2 Å². The van der Waals surface area contributed by atoms with Crippen molar-refractivity contribution in [3.8, 4) is 5.75 Å². The highest BCUT2D eigenvalue weighted by Gasteiger charge is 2.47. The molecule has 0 amide bonds. The van der Waals surface area contributed by atoms with Gasteiger partial charge in [0.2, 0.25) is 10.0 Å². The van der Waals surface area contributed by atoms with Crippen molar-refractivity contribution in [2.75, 3.05) is 20.2 Å². The smallest absolute Gasteiger partial charge is 0.243 e. The van der Waals surface area contributed by atoms with Gasteiger partial charge in [-0.25, -0.2) is 8.42 Å². The Morgan fingerprint density at radius 1 is 1.38 bits per heavy atom. The van der Waals surface area contributed by atoms with Crippen molar-refractivity contribution < 1.29 is 13.2 Å². The lowest BCUT2D eigenvalue weighted by Gasteiger charge is -2.26. The van der Waals surface area contributed by atoms with Gasteiger partial charge in [0.15, 0.2) is 0 Å². The maximum absolute atomic E-state index is 13.0. The fraction of sp³-hybridized carbons (Fsp3) is 0.571. The first-order chi connectivity index (χ1) is 9.95. The number of methoxy groups -OCH3 is 1. The zero-order valence-electron chi connectivity index (χ0n) is 12.0. The fourth-order valence-electron chi connectivity index (χ4n) is 3.47. The monoisotopic (exact) mass is 374 g/mol. The van der Waals surface area contributed by atoms with E-state index in [0.717, 1.165) is 19.5 Å². The maximum atomic E-state index is 13.0. The van der Waals surface area contributed by atoms with Crippen LogP contribution >= 0.6 is 15.9 Å². The number of nitrogens with one attached hydrogen (secondary N) is 1. The van der Waals surface area contributed by atoms with Crippen LogP contribution in [0.1, 0.15) is 13.3 Å². The Kier molecular flexibility index (Phi) is 4.02. The van der Waals surface area contributed by atoms with Crippen molar-refractivity contribution in [1.82, 2.24) is 9.62 Å². The number of ether oxygens (including phenoxy) is 1. The number of benzene rings is 1. The molecule has 1 N–H and O–H groups in total. The number of rotatable bonds is 3. The molecule has 1 aromatic rings. The zero-order chi connectivity index (χ0) is 15.2. The lowest BCUT2D eigenvalue weighted by Crippen LogP contribution is -2.42. The minimum Gasteiger partial charge on any atom is -0.496 e. The van der Waals surface area contributed by atoms with Gasteiger partial charge in [-0.15, -0.1) is 0 Å². The molecule has 21 heavy (non-hydrogen) atoms. The Morgan fingerprint density at radius 2 is 2.14 bits per heavy atom. The molecule has 2 aliphatic heterocycles. The van der Waals surface area contributed by atoms with Gasteiger partial charge in [-0.1, -0.05) is 0 Å². The van der Waals surface area contributed by atoms with Gasteiger partial charge in [0, 0.05) is 18.6 Å². The van der Waals surface area contributed by atoms with Crippen LogP contribution in [0.2, 0.25) is 0 Å². The molecule has 2 fully saturated rings. The minimum absolute atomic E-state index is 0.0491. The predicted octanol–water partition coefficient (Wildman–Crippen LogP) is 1.83. The third-order valence-corrected chi connectivity index (χ3v) is 7.06. The van der Waals surface area contributed by atoms with Gasteiger partial charge in [-0.2, -0.15) is 4.31 Å². The van der Waals surface area contributed by atoms with Crippen molar-refractivity contribution in [2.24, 2.45) is 5.92 Å². The summed E-state index contributed by atoms with van der Waals surface area (Å²) in [6.07, 6.45) is 0.925. The summed E-state index contributed by atoms with van der Waals surface area (Å²) < 4.78 is 33.5. The van der Waals surface area contributed by atoms with E-state index in [1.54, 1.807) is 29.6 Å². The summed E-state index contributed by atoms with van der Waals surface area (Å²) in [5, 5.41) is 3.29. The van der Waals surface area contributed by atoms with Crippen LogP contribution in [0.5, 0.6) is 5.75 Å². The van der Waals surface area contributed by atoms with E-state index in [9.17, 15) is 8.42 Å². The summed E-state index contributed by atoms with van der Waals surface area (Å²) in [6, 6.07) is 5.04. The van der Waals surface area contributed by atoms with E-state index in [4.69, 9.17) is 4.74 Å². The molecule has 5 nitrogen and oxygen atoms in total. The van der Waals surface area contributed by atoms with Crippen molar-refractivity contribution in [3.05, 3.63) is 22.7 Å². The molecule has 3 rings (SSSR count). The normalized spacial score (nSPS) is 29.6. The Labute approximate surface area is 133 Å². The first kappa shape index (κ1) is 15.3. The van der Waals surface area contributed by atoms with Gasteiger partial charge in [-0.3, -0.25) is 0 Å². The molecule has 2 aliphatic rings. The van der Waals surface area contributed by atoms with E-state index >= 15 is 0 Å². The molecular weight excluding hydrogens is 356 g/mol. The van der Waals surface area contributed by atoms with Crippen LogP contribution in [0.4, 0.5) is 0 Å². The van der Waals surface area contributed by atoms with Gasteiger partial charge in [0.25, 0.3) is 0 Å². The van der Waals surface area contributed by atoms with Gasteiger partial charge in [0.05, 0.1) is 16.5 Å². The average Bonchev–Trinajstić information content (AvgIpc) is 2.97. The van der Waals surface area contributed by atoms with Crippen LogP contribution < -0.4 is 10.1 Å². The largest absolute Gasteiger partial charge is 0.496 e. The third-order valence-electron chi connectivity index (χ3n) is 4.41. The van der Waals surface area contributed by atoms with E-state index in [1.165, 1.54) is 0 Å². The average molecular weight is 375 g/mol. The van der Waals surface area contributed by atoms with E-state index in [-0.39, 0.29) is 12.1 Å². The number of nitrogens with zero attached hydrogens (tertiary/aromatic N) is 1. The second-order valence-corrected chi connectivity index (χ2v) is 8.40. The van der Waals surface area contributed by atoms with E-state index in [1.807, 2.05) is 6.92 Å². The van der Waals surface area contributed by atoms with Crippen LogP contribution in [0, 0.1) is 5.92 Å². The SMILES string of the molecule is COc1ccc(S(=O)(=O)N2C(C)CC3CNCC32)cc1Br. The summed E-state index contributed by atoms with van der Waals surface area (Å²) in [4.78, 5) is 0.314. The lowest BCUT2D eigenvalue weighted by molar-refractivity contribution is 0.335. The standard InChI is InChI=1S/C14H19BrN2O3S/c1-9-5-10-7-16-8-13(10)17(9)21(18,19)11-3-4-14(20-2)12(15)6-11/h3-4,6,9-10,13,16H,5,7-8H2,1-2H3. The van der Waals surface area contributed by atoms with Crippen LogP contribution in [0.15, 0.2) is 27.6 Å². The molecule has 0 radical (unpaired) electrons. The van der Waals surface area contributed by atoms with Gasteiger partial charge >= 0.3 is 0 Å². The molecule has 3 atom stereocenters. The Bertz CT molecular complexity index is 650. The molecule has 0 saturated carbocycles. The molecular formula is C14H19BrN2O3S. The molecule has 3 unspecified atom stereocenters. The second-order valence-electron chi connectivity index (χ2n) is 5.70. The summed E-state index contributed by atoms with van der Waals surface area (Å²) in [5.41, 5.74) is 0. The third kappa shape index (κ3) is 2.50. The molecule has 0 aliphatic carbocycles. The molecule has 0 bridgehead atoms. The second kappa shape index (κ2) is 5.53. The van der Waals surface area contributed by atoms with E-state index < -0.39 is 10.0 Å². The number of halogens is 1. The number of fused-ring (bicyclic) bond motifs is 1. The first-order valence-corrected chi connectivity index (χ1v) is 9.26. The van der Waals surface area contributed by atoms with Gasteiger partial charge < -0.3 is 10.1 Å². The minimum atomic E-state index is -3.48. The maximum Gasteiger partial charge on any atom is 0.243 e. The lowest BCUT2D eigenvalue weighted by atomic mass is 10.0. The highest BCUT2D eigenvalue weighted by molar-refractivity contribution is 9.10. The molecule has 7 heteroatoms. The molecule has 2 saturated heterocycles. The first-order valence-electron chi connectivity index (χ1n) is 7.03. The van der Waals surface area contributed by atoms with Gasteiger partial charge in [-0.05, 0) is 59.9 Å². The van der Waals surface area contributed by atoms with Crippen molar-refractivity contribution in [1.29, 1.82) is 0 Å². The van der Waals surface area contributed by atoms with Crippen LogP contribution in [-0.4, -0.2) is 45.0 Å². The Morgan fingerprint density at radius 3 is 2.81 bits per heavy atom. The zero-order valence-corrected chi connectivity index (χ0v) is 14.4. The fourth-order valence-corrected chi connectivity index (χ4v) is 6.08. The molecule has 0 aromatic heterocycles. The van der Waals surface area contributed by atoms with Crippen LogP contribution in [0.3, 0.4) is 0 Å².